The van der Waals surface area contributed by atoms with Crippen LogP contribution in [0.5, 0.6) is 0 Å². The zero-order valence-electron chi connectivity index (χ0n) is 19.0. The molecule has 8 heteroatoms. The molecule has 0 aliphatic carbocycles. The van der Waals surface area contributed by atoms with Crippen LogP contribution in [0, 0.1) is 0 Å². The van der Waals surface area contributed by atoms with Gasteiger partial charge in [-0.2, -0.15) is 5.10 Å². The Morgan fingerprint density at radius 3 is 2.23 bits per heavy atom. The van der Waals surface area contributed by atoms with E-state index < -0.39 is 10.0 Å². The van der Waals surface area contributed by atoms with Gasteiger partial charge in [-0.3, -0.25) is 9.48 Å². The van der Waals surface area contributed by atoms with E-state index in [0.717, 1.165) is 27.9 Å². The molecule has 7 nitrogen and oxygen atoms in total. The minimum atomic E-state index is -3.71. The molecule has 0 aliphatic rings. The Balaban J connectivity index is 1.41. The smallest absolute Gasteiger partial charge is 0.244 e. The number of hydrogen-bond donors (Lipinski definition) is 2. The first-order valence-electron chi connectivity index (χ1n) is 11.1. The quantitative estimate of drug-likeness (QED) is 0.352. The highest BCUT2D eigenvalue weighted by Gasteiger charge is 2.10. The monoisotopic (exact) mass is 486 g/mol. The number of carbonyl (C=O) groups is 1. The van der Waals surface area contributed by atoms with Gasteiger partial charge in [0, 0.05) is 29.9 Å². The molecule has 0 unspecified atom stereocenters. The van der Waals surface area contributed by atoms with Crippen LogP contribution < -0.4 is 10.5 Å². The van der Waals surface area contributed by atoms with E-state index in [1.807, 2.05) is 59.4 Å². The second-order valence-corrected chi connectivity index (χ2v) is 9.61. The van der Waals surface area contributed by atoms with Gasteiger partial charge in [0.2, 0.25) is 15.9 Å². The molecule has 0 saturated heterocycles. The van der Waals surface area contributed by atoms with Gasteiger partial charge in [-0.25, -0.2) is 13.6 Å². The summed E-state index contributed by atoms with van der Waals surface area (Å²) in [6.45, 7) is 1.04. The molecule has 0 fully saturated rings. The maximum atomic E-state index is 12.4. The lowest BCUT2D eigenvalue weighted by Gasteiger charge is -2.04. The molecule has 1 amide bonds. The van der Waals surface area contributed by atoms with Crippen LogP contribution in [0.2, 0.25) is 0 Å². The number of primary sulfonamides is 1. The average molecular weight is 487 g/mol. The maximum absolute atomic E-state index is 12.4. The number of amides is 1. The first-order chi connectivity index (χ1) is 16.9. The van der Waals surface area contributed by atoms with Gasteiger partial charge < -0.3 is 5.32 Å². The third-order valence-electron chi connectivity index (χ3n) is 5.40. The fourth-order valence-electron chi connectivity index (χ4n) is 3.63. The van der Waals surface area contributed by atoms with Gasteiger partial charge in [-0.05, 0) is 35.8 Å². The zero-order chi connectivity index (χ0) is 24.7. The Labute approximate surface area is 205 Å². The number of rotatable bonds is 9. The van der Waals surface area contributed by atoms with Crippen molar-refractivity contribution in [1.82, 2.24) is 15.1 Å². The minimum Gasteiger partial charge on any atom is -0.352 e. The van der Waals surface area contributed by atoms with Crippen molar-refractivity contribution in [3.8, 4) is 11.3 Å². The molecule has 4 aromatic rings. The highest BCUT2D eigenvalue weighted by molar-refractivity contribution is 7.89. The van der Waals surface area contributed by atoms with Crippen LogP contribution in [-0.4, -0.2) is 30.7 Å². The maximum Gasteiger partial charge on any atom is 0.244 e. The molecule has 1 aromatic heterocycles. The van der Waals surface area contributed by atoms with Gasteiger partial charge in [0.25, 0.3) is 0 Å². The van der Waals surface area contributed by atoms with Crippen LogP contribution in [0.1, 0.15) is 16.7 Å². The van der Waals surface area contributed by atoms with Gasteiger partial charge >= 0.3 is 0 Å². The number of sulfonamides is 1. The molecule has 3 aromatic carbocycles. The summed E-state index contributed by atoms with van der Waals surface area (Å²) in [6.07, 6.45) is 5.77. The average Bonchev–Trinajstić information content (AvgIpc) is 3.26. The van der Waals surface area contributed by atoms with Crippen molar-refractivity contribution in [3.05, 3.63) is 114 Å². The number of aromatic nitrogens is 2. The topological polar surface area (TPSA) is 107 Å². The summed E-state index contributed by atoms with van der Waals surface area (Å²) in [5.41, 5.74) is 4.67. The predicted molar refractivity (Wildman–Crippen MR) is 137 cm³/mol. The second-order valence-electron chi connectivity index (χ2n) is 8.05. The molecule has 4 rings (SSSR count). The van der Waals surface area contributed by atoms with Crippen molar-refractivity contribution in [3.63, 3.8) is 0 Å². The highest BCUT2D eigenvalue weighted by Crippen LogP contribution is 2.23. The Morgan fingerprint density at radius 1 is 0.914 bits per heavy atom. The predicted octanol–water partition coefficient (Wildman–Crippen LogP) is 3.62. The van der Waals surface area contributed by atoms with Gasteiger partial charge in [-0.1, -0.05) is 72.8 Å². The molecule has 0 radical (unpaired) electrons. The molecule has 0 spiro atoms. The van der Waals surface area contributed by atoms with E-state index in [1.54, 1.807) is 18.2 Å². The third-order valence-corrected chi connectivity index (χ3v) is 6.33. The standard InChI is InChI=1S/C27H26N4O3S/c28-35(33,34)25-14-11-21(12-15-25)17-18-29-26(32)16-13-24-20-31(19-22-7-3-1-4-8-22)30-27(24)23-9-5-2-6-10-23/h1-16,20H,17-19H2,(H,29,32)(H2,28,33,34)/b16-13+. The lowest BCUT2D eigenvalue weighted by Crippen LogP contribution is -2.23. The zero-order valence-corrected chi connectivity index (χ0v) is 19.9. The SMILES string of the molecule is NS(=O)(=O)c1ccc(CCNC(=O)/C=C/c2cn(Cc3ccccc3)nc2-c2ccccc2)cc1. The van der Waals surface area contributed by atoms with E-state index in [0.29, 0.717) is 19.5 Å². The van der Waals surface area contributed by atoms with Crippen molar-refractivity contribution in [2.45, 2.75) is 17.9 Å². The van der Waals surface area contributed by atoms with Crippen molar-refractivity contribution < 1.29 is 13.2 Å². The van der Waals surface area contributed by atoms with Crippen molar-refractivity contribution in [2.24, 2.45) is 5.14 Å². The summed E-state index contributed by atoms with van der Waals surface area (Å²) in [6, 6.07) is 26.2. The number of hydrogen-bond acceptors (Lipinski definition) is 4. The summed E-state index contributed by atoms with van der Waals surface area (Å²) in [7, 11) is -3.71. The van der Waals surface area contributed by atoms with E-state index in [9.17, 15) is 13.2 Å². The molecule has 178 valence electrons. The first-order valence-corrected chi connectivity index (χ1v) is 12.7. The van der Waals surface area contributed by atoms with Crippen molar-refractivity contribution in [2.75, 3.05) is 6.54 Å². The van der Waals surface area contributed by atoms with E-state index >= 15 is 0 Å². The summed E-state index contributed by atoms with van der Waals surface area (Å²) in [4.78, 5) is 12.5. The van der Waals surface area contributed by atoms with Crippen LogP contribution in [0.25, 0.3) is 17.3 Å². The number of nitrogens with zero attached hydrogens (tertiary/aromatic N) is 2. The lowest BCUT2D eigenvalue weighted by molar-refractivity contribution is -0.116. The summed E-state index contributed by atoms with van der Waals surface area (Å²) >= 11 is 0. The summed E-state index contributed by atoms with van der Waals surface area (Å²) < 4.78 is 24.6. The van der Waals surface area contributed by atoms with Crippen LogP contribution in [0.4, 0.5) is 0 Å². The molecule has 0 atom stereocenters. The Morgan fingerprint density at radius 2 is 1.57 bits per heavy atom. The van der Waals surface area contributed by atoms with Crippen LogP contribution in [-0.2, 0) is 27.8 Å². The van der Waals surface area contributed by atoms with Crippen molar-refractivity contribution in [1.29, 1.82) is 0 Å². The molecule has 0 aliphatic heterocycles. The minimum absolute atomic E-state index is 0.0650. The van der Waals surface area contributed by atoms with E-state index in [2.05, 4.69) is 17.4 Å². The molecule has 0 bridgehead atoms. The van der Waals surface area contributed by atoms with E-state index in [1.165, 1.54) is 18.2 Å². The number of carbonyl (C=O) groups excluding carboxylic acids is 1. The molecule has 35 heavy (non-hydrogen) atoms. The Bertz CT molecular complexity index is 1410. The summed E-state index contributed by atoms with van der Waals surface area (Å²) in [5, 5.41) is 12.7. The molecule has 1 heterocycles. The second kappa shape index (κ2) is 10.9. The van der Waals surface area contributed by atoms with Gasteiger partial charge in [0.1, 0.15) is 0 Å². The fraction of sp³-hybridized carbons (Fsp3) is 0.111. The fourth-order valence-corrected chi connectivity index (χ4v) is 4.15. The summed E-state index contributed by atoms with van der Waals surface area (Å²) in [5.74, 6) is -0.221. The number of nitrogens with one attached hydrogen (secondary N) is 1. The molecule has 3 N–H and O–H groups in total. The number of nitrogens with two attached hydrogens (primary N) is 1. The van der Waals surface area contributed by atoms with Gasteiger partial charge in [-0.15, -0.1) is 0 Å². The third kappa shape index (κ3) is 6.75. The number of benzene rings is 3. The molecular formula is C27H26N4O3S. The highest BCUT2D eigenvalue weighted by atomic mass is 32.2. The van der Waals surface area contributed by atoms with Crippen molar-refractivity contribution >= 4 is 22.0 Å². The van der Waals surface area contributed by atoms with Gasteiger partial charge in [0.15, 0.2) is 0 Å². The normalized spacial score (nSPS) is 11.6. The van der Waals surface area contributed by atoms with E-state index in [4.69, 9.17) is 10.2 Å². The Kier molecular flexibility index (Phi) is 7.54. The van der Waals surface area contributed by atoms with Crippen LogP contribution in [0.15, 0.2) is 102 Å². The van der Waals surface area contributed by atoms with Crippen LogP contribution in [0.3, 0.4) is 0 Å². The Hall–Kier alpha value is -4.01. The first kappa shape index (κ1) is 24.1. The van der Waals surface area contributed by atoms with Crippen LogP contribution >= 0.6 is 0 Å². The molecule has 0 saturated carbocycles. The lowest BCUT2D eigenvalue weighted by atomic mass is 10.1. The largest absolute Gasteiger partial charge is 0.352 e. The van der Waals surface area contributed by atoms with Gasteiger partial charge in [0.05, 0.1) is 17.1 Å². The molecular weight excluding hydrogens is 460 g/mol. The van der Waals surface area contributed by atoms with E-state index in [-0.39, 0.29) is 10.8 Å².